The zero-order valence-electron chi connectivity index (χ0n) is 18.5. The van der Waals surface area contributed by atoms with Gasteiger partial charge in [-0.15, -0.1) is 0 Å². The molecule has 0 radical (unpaired) electrons. The van der Waals surface area contributed by atoms with Crippen molar-refractivity contribution in [3.63, 3.8) is 0 Å². The highest BCUT2D eigenvalue weighted by atomic mass is 19.1. The number of para-hydroxylation sites is 1. The topological polar surface area (TPSA) is 25.2 Å². The number of hydrogen-bond donors (Lipinski definition) is 0. The van der Waals surface area contributed by atoms with E-state index in [1.54, 1.807) is 12.1 Å². The lowest BCUT2D eigenvalue weighted by molar-refractivity contribution is -0.127. The summed E-state index contributed by atoms with van der Waals surface area (Å²) in [5.41, 5.74) is 7.26. The molecule has 1 aliphatic rings. The first-order chi connectivity index (χ1) is 15.5. The fraction of sp³-hybridized carbons (Fsp3) is 0.179. The number of aryl methyl sites for hydroxylation is 1. The van der Waals surface area contributed by atoms with E-state index in [1.165, 1.54) is 12.1 Å². The molecule has 1 aromatic heterocycles. The molecule has 4 heteroatoms. The number of nitrogens with zero attached hydrogens (tertiary/aromatic N) is 2. The average Bonchev–Trinajstić information content (AvgIpc) is 3.22. The Bertz CT molecular complexity index is 1350. The molecule has 0 spiro atoms. The standard InChI is InChI=1S/C28H25FN2O/c1-18-19(2)28(32)31(17-20-13-15-22(29)16-14-20)26(18)25-23-11-7-8-12-24(23)30(3)27(25)21-9-5-4-6-10-21/h4-16,26H,17H2,1-3H3. The van der Waals surface area contributed by atoms with E-state index in [-0.39, 0.29) is 17.8 Å². The van der Waals surface area contributed by atoms with Crippen LogP contribution in [0.5, 0.6) is 0 Å². The molecule has 2 heterocycles. The molecule has 3 aromatic carbocycles. The molecule has 0 saturated carbocycles. The Kier molecular flexibility index (Phi) is 4.93. The van der Waals surface area contributed by atoms with Gasteiger partial charge in [0.1, 0.15) is 5.82 Å². The quantitative estimate of drug-likeness (QED) is 0.372. The van der Waals surface area contributed by atoms with Crippen molar-refractivity contribution < 1.29 is 9.18 Å². The fourth-order valence-electron chi connectivity index (χ4n) is 4.91. The van der Waals surface area contributed by atoms with Crippen LogP contribution in [0.3, 0.4) is 0 Å². The molecule has 5 rings (SSSR count). The molecule has 0 fully saturated rings. The zero-order chi connectivity index (χ0) is 22.4. The van der Waals surface area contributed by atoms with Crippen LogP contribution in [0.4, 0.5) is 4.39 Å². The average molecular weight is 425 g/mol. The van der Waals surface area contributed by atoms with Crippen molar-refractivity contribution in [1.29, 1.82) is 0 Å². The van der Waals surface area contributed by atoms with Gasteiger partial charge in [-0.2, -0.15) is 0 Å². The van der Waals surface area contributed by atoms with E-state index >= 15 is 0 Å². The summed E-state index contributed by atoms with van der Waals surface area (Å²) in [7, 11) is 2.08. The summed E-state index contributed by atoms with van der Waals surface area (Å²) < 4.78 is 15.7. The van der Waals surface area contributed by atoms with Gasteiger partial charge in [0.15, 0.2) is 0 Å². The van der Waals surface area contributed by atoms with Crippen LogP contribution in [-0.4, -0.2) is 15.4 Å². The largest absolute Gasteiger partial charge is 0.343 e. The van der Waals surface area contributed by atoms with Crippen LogP contribution in [0, 0.1) is 5.82 Å². The minimum atomic E-state index is -0.274. The number of rotatable bonds is 4. The predicted molar refractivity (Wildman–Crippen MR) is 126 cm³/mol. The number of benzene rings is 3. The summed E-state index contributed by atoms with van der Waals surface area (Å²) in [6.07, 6.45) is 0. The van der Waals surface area contributed by atoms with E-state index < -0.39 is 0 Å². The summed E-state index contributed by atoms with van der Waals surface area (Å²) in [5.74, 6) is -0.243. The molecule has 0 aliphatic carbocycles. The van der Waals surface area contributed by atoms with Crippen molar-refractivity contribution in [3.05, 3.63) is 107 Å². The van der Waals surface area contributed by atoms with E-state index in [2.05, 4.69) is 42.8 Å². The molecule has 4 aromatic rings. The first-order valence-corrected chi connectivity index (χ1v) is 10.8. The van der Waals surface area contributed by atoms with Crippen LogP contribution in [0.2, 0.25) is 0 Å². The Labute approximate surface area is 187 Å². The third-order valence-electron chi connectivity index (χ3n) is 6.63. The van der Waals surface area contributed by atoms with Crippen LogP contribution in [0.25, 0.3) is 22.2 Å². The SMILES string of the molecule is CC1=C(C)C(c2c(-c3ccccc3)n(C)c3ccccc23)N(Cc2ccc(F)cc2)C1=O. The lowest BCUT2D eigenvalue weighted by Crippen LogP contribution is -2.29. The van der Waals surface area contributed by atoms with Gasteiger partial charge in [0, 0.05) is 35.6 Å². The van der Waals surface area contributed by atoms with Crippen LogP contribution < -0.4 is 0 Å². The Morgan fingerprint density at radius 1 is 0.875 bits per heavy atom. The second-order valence-electron chi connectivity index (χ2n) is 8.47. The predicted octanol–water partition coefficient (Wildman–Crippen LogP) is 6.40. The minimum absolute atomic E-state index is 0.0313. The third kappa shape index (κ3) is 3.14. The van der Waals surface area contributed by atoms with Gasteiger partial charge >= 0.3 is 0 Å². The Morgan fingerprint density at radius 2 is 1.53 bits per heavy atom. The van der Waals surface area contributed by atoms with Gasteiger partial charge in [-0.3, -0.25) is 4.79 Å². The fourth-order valence-corrected chi connectivity index (χ4v) is 4.91. The maximum absolute atomic E-state index is 13.5. The van der Waals surface area contributed by atoms with E-state index in [1.807, 2.05) is 42.2 Å². The molecule has 160 valence electrons. The first-order valence-electron chi connectivity index (χ1n) is 10.8. The smallest absolute Gasteiger partial charge is 0.250 e. The van der Waals surface area contributed by atoms with Gasteiger partial charge in [-0.05, 0) is 48.7 Å². The number of amides is 1. The molecule has 1 amide bonds. The van der Waals surface area contributed by atoms with Gasteiger partial charge in [0.2, 0.25) is 0 Å². The Morgan fingerprint density at radius 3 is 2.25 bits per heavy atom. The molecule has 32 heavy (non-hydrogen) atoms. The highest BCUT2D eigenvalue weighted by molar-refractivity contribution is 6.00. The number of carbonyl (C=O) groups is 1. The van der Waals surface area contributed by atoms with E-state index in [9.17, 15) is 9.18 Å². The summed E-state index contributed by atoms with van der Waals surface area (Å²) in [6.45, 7) is 4.39. The number of carbonyl (C=O) groups excluding carboxylic acids is 1. The Hall–Kier alpha value is -3.66. The first kappa shape index (κ1) is 20.3. The van der Waals surface area contributed by atoms with Crippen LogP contribution in [0.15, 0.2) is 90.0 Å². The number of aromatic nitrogens is 1. The molecule has 0 saturated heterocycles. The second kappa shape index (κ2) is 7.79. The maximum Gasteiger partial charge on any atom is 0.250 e. The van der Waals surface area contributed by atoms with E-state index in [0.29, 0.717) is 6.54 Å². The van der Waals surface area contributed by atoms with Crippen LogP contribution >= 0.6 is 0 Å². The van der Waals surface area contributed by atoms with Crippen molar-refractivity contribution in [2.45, 2.75) is 26.4 Å². The van der Waals surface area contributed by atoms with E-state index in [4.69, 9.17) is 0 Å². The molecule has 1 atom stereocenters. The molecule has 1 unspecified atom stereocenters. The lowest BCUT2D eigenvalue weighted by Gasteiger charge is -2.28. The van der Waals surface area contributed by atoms with Crippen molar-refractivity contribution in [1.82, 2.24) is 9.47 Å². The van der Waals surface area contributed by atoms with Crippen LogP contribution in [0.1, 0.15) is 31.0 Å². The number of hydrogen-bond acceptors (Lipinski definition) is 1. The second-order valence-corrected chi connectivity index (χ2v) is 8.47. The highest BCUT2D eigenvalue weighted by Crippen LogP contribution is 2.46. The monoisotopic (exact) mass is 424 g/mol. The minimum Gasteiger partial charge on any atom is -0.343 e. The van der Waals surface area contributed by atoms with Crippen molar-refractivity contribution in [3.8, 4) is 11.3 Å². The van der Waals surface area contributed by atoms with Crippen molar-refractivity contribution in [2.24, 2.45) is 7.05 Å². The van der Waals surface area contributed by atoms with Crippen molar-refractivity contribution in [2.75, 3.05) is 0 Å². The molecule has 0 bridgehead atoms. The molecule has 3 nitrogen and oxygen atoms in total. The zero-order valence-corrected chi connectivity index (χ0v) is 18.5. The molecular formula is C28H25FN2O. The highest BCUT2D eigenvalue weighted by Gasteiger charge is 2.39. The van der Waals surface area contributed by atoms with E-state index in [0.717, 1.165) is 44.4 Å². The van der Waals surface area contributed by atoms with Crippen LogP contribution in [-0.2, 0) is 18.4 Å². The molecule has 0 N–H and O–H groups in total. The molecular weight excluding hydrogens is 399 g/mol. The summed E-state index contributed by atoms with van der Waals surface area (Å²) in [4.78, 5) is 15.3. The van der Waals surface area contributed by atoms with Gasteiger partial charge in [0.05, 0.1) is 11.7 Å². The van der Waals surface area contributed by atoms with Gasteiger partial charge in [-0.1, -0.05) is 60.7 Å². The number of halogens is 1. The third-order valence-corrected chi connectivity index (χ3v) is 6.63. The molecule has 1 aliphatic heterocycles. The lowest BCUT2D eigenvalue weighted by atomic mass is 9.93. The summed E-state index contributed by atoms with van der Waals surface area (Å²) in [6, 6.07) is 24.9. The van der Waals surface area contributed by atoms with Gasteiger partial charge in [-0.25, -0.2) is 4.39 Å². The number of fused-ring (bicyclic) bond motifs is 1. The van der Waals surface area contributed by atoms with Crippen molar-refractivity contribution >= 4 is 16.8 Å². The van der Waals surface area contributed by atoms with Gasteiger partial charge in [0.25, 0.3) is 5.91 Å². The normalized spacial score (nSPS) is 16.4. The summed E-state index contributed by atoms with van der Waals surface area (Å²) in [5, 5.41) is 1.14. The Balaban J connectivity index is 1.73. The van der Waals surface area contributed by atoms with Gasteiger partial charge < -0.3 is 9.47 Å². The summed E-state index contributed by atoms with van der Waals surface area (Å²) >= 11 is 0. The maximum atomic E-state index is 13.5.